The fourth-order valence-electron chi connectivity index (χ4n) is 4.12. The maximum atomic E-state index is 2.67. The molecular weight excluding hydrogens is 256 g/mol. The second-order valence-corrected chi connectivity index (χ2v) is 8.75. The Hall–Kier alpha value is -0.0800. The second kappa shape index (κ2) is 7.46. The molecule has 2 heteroatoms. The standard InChI is InChI=1S/C19H38N2/c1-16(2)20-12-8-17(9-13-20)6-7-18-10-14-21(15-11-18)19(3,4)5/h16-18H,6-15H2,1-5H3. The summed E-state index contributed by atoms with van der Waals surface area (Å²) in [5, 5.41) is 0. The molecule has 0 radical (unpaired) electrons. The number of nitrogens with zero attached hydrogens (tertiary/aromatic N) is 2. The van der Waals surface area contributed by atoms with Gasteiger partial charge in [-0.1, -0.05) is 12.8 Å². The summed E-state index contributed by atoms with van der Waals surface area (Å²) in [6, 6.07) is 0.743. The van der Waals surface area contributed by atoms with Crippen LogP contribution >= 0.6 is 0 Å². The van der Waals surface area contributed by atoms with E-state index in [0.29, 0.717) is 5.54 Å². The molecule has 2 saturated heterocycles. The minimum atomic E-state index is 0.370. The van der Waals surface area contributed by atoms with Gasteiger partial charge in [-0.15, -0.1) is 0 Å². The van der Waals surface area contributed by atoms with Gasteiger partial charge in [-0.3, -0.25) is 4.90 Å². The third-order valence-electron chi connectivity index (χ3n) is 5.93. The zero-order valence-corrected chi connectivity index (χ0v) is 15.2. The molecule has 2 aliphatic heterocycles. The van der Waals surface area contributed by atoms with Crippen LogP contribution in [0.25, 0.3) is 0 Å². The lowest BCUT2D eigenvalue weighted by Gasteiger charge is -2.41. The Morgan fingerprint density at radius 1 is 0.810 bits per heavy atom. The average molecular weight is 295 g/mol. The van der Waals surface area contributed by atoms with E-state index in [-0.39, 0.29) is 0 Å². The van der Waals surface area contributed by atoms with Crippen molar-refractivity contribution in [3.63, 3.8) is 0 Å². The molecule has 2 heterocycles. The van der Waals surface area contributed by atoms with E-state index in [0.717, 1.165) is 17.9 Å². The van der Waals surface area contributed by atoms with Crippen LogP contribution in [-0.4, -0.2) is 47.6 Å². The maximum Gasteiger partial charge on any atom is 0.0125 e. The molecule has 2 fully saturated rings. The second-order valence-electron chi connectivity index (χ2n) is 8.75. The van der Waals surface area contributed by atoms with Crippen molar-refractivity contribution in [2.45, 2.75) is 84.7 Å². The topological polar surface area (TPSA) is 6.48 Å². The van der Waals surface area contributed by atoms with E-state index in [4.69, 9.17) is 0 Å². The maximum absolute atomic E-state index is 2.67. The van der Waals surface area contributed by atoms with Gasteiger partial charge >= 0.3 is 0 Å². The third-order valence-corrected chi connectivity index (χ3v) is 5.93. The van der Waals surface area contributed by atoms with Crippen molar-refractivity contribution < 1.29 is 0 Å². The lowest BCUT2D eigenvalue weighted by molar-refractivity contribution is 0.0806. The predicted octanol–water partition coefficient (Wildman–Crippen LogP) is 4.40. The summed E-state index contributed by atoms with van der Waals surface area (Å²) in [6.45, 7) is 17.1. The van der Waals surface area contributed by atoms with Crippen LogP contribution in [0.5, 0.6) is 0 Å². The van der Waals surface area contributed by atoms with E-state index < -0.39 is 0 Å². The first-order valence-electron chi connectivity index (χ1n) is 9.35. The zero-order valence-electron chi connectivity index (χ0n) is 15.2. The lowest BCUT2D eigenvalue weighted by Crippen LogP contribution is -2.46. The Morgan fingerprint density at radius 3 is 1.62 bits per heavy atom. The molecule has 0 bridgehead atoms. The molecule has 2 rings (SSSR count). The highest BCUT2D eigenvalue weighted by atomic mass is 15.2. The summed E-state index contributed by atoms with van der Waals surface area (Å²) < 4.78 is 0. The molecule has 0 aromatic rings. The Bertz CT molecular complexity index is 289. The Morgan fingerprint density at radius 2 is 1.24 bits per heavy atom. The molecule has 0 aromatic carbocycles. The van der Waals surface area contributed by atoms with Gasteiger partial charge < -0.3 is 4.90 Å². The average Bonchev–Trinajstić information content (AvgIpc) is 2.45. The molecule has 2 nitrogen and oxygen atoms in total. The highest BCUT2D eigenvalue weighted by Crippen LogP contribution is 2.30. The van der Waals surface area contributed by atoms with Gasteiger partial charge in [0.25, 0.3) is 0 Å². The van der Waals surface area contributed by atoms with Crippen molar-refractivity contribution in [2.24, 2.45) is 11.8 Å². The highest BCUT2D eigenvalue weighted by Gasteiger charge is 2.27. The zero-order chi connectivity index (χ0) is 15.5. The quantitative estimate of drug-likeness (QED) is 0.758. The monoisotopic (exact) mass is 294 g/mol. The SMILES string of the molecule is CC(C)N1CCC(CCC2CCN(C(C)(C)C)CC2)CC1. The summed E-state index contributed by atoms with van der Waals surface area (Å²) in [6.07, 6.45) is 8.73. The Labute approximate surface area is 133 Å². The fraction of sp³-hybridized carbons (Fsp3) is 1.00. The van der Waals surface area contributed by atoms with Gasteiger partial charge in [0.1, 0.15) is 0 Å². The van der Waals surface area contributed by atoms with Gasteiger partial charge in [-0.25, -0.2) is 0 Å². The summed E-state index contributed by atoms with van der Waals surface area (Å²) in [7, 11) is 0. The highest BCUT2D eigenvalue weighted by molar-refractivity contribution is 4.82. The number of rotatable bonds is 4. The minimum absolute atomic E-state index is 0.370. The number of hydrogen-bond acceptors (Lipinski definition) is 2. The Balaban J connectivity index is 1.62. The van der Waals surface area contributed by atoms with E-state index in [1.54, 1.807) is 0 Å². The largest absolute Gasteiger partial charge is 0.301 e. The molecule has 0 saturated carbocycles. The van der Waals surface area contributed by atoms with Gasteiger partial charge in [0.05, 0.1) is 0 Å². The molecule has 21 heavy (non-hydrogen) atoms. The molecule has 0 unspecified atom stereocenters. The van der Waals surface area contributed by atoms with Gasteiger partial charge in [0.15, 0.2) is 0 Å². The number of piperidine rings is 2. The molecule has 0 amide bonds. The van der Waals surface area contributed by atoms with E-state index in [9.17, 15) is 0 Å². The van der Waals surface area contributed by atoms with E-state index in [1.165, 1.54) is 64.7 Å². The van der Waals surface area contributed by atoms with Crippen LogP contribution in [0.15, 0.2) is 0 Å². The first kappa shape index (κ1) is 17.3. The summed E-state index contributed by atoms with van der Waals surface area (Å²) in [4.78, 5) is 5.32. The number of likely N-dealkylation sites (tertiary alicyclic amines) is 2. The van der Waals surface area contributed by atoms with Gasteiger partial charge in [-0.2, -0.15) is 0 Å². The van der Waals surface area contributed by atoms with Crippen molar-refractivity contribution in [3.05, 3.63) is 0 Å². The van der Waals surface area contributed by atoms with Crippen LogP contribution in [0, 0.1) is 11.8 Å². The fourth-order valence-corrected chi connectivity index (χ4v) is 4.12. The molecule has 0 spiro atoms. The normalized spacial score (nSPS) is 24.9. The molecule has 0 atom stereocenters. The van der Waals surface area contributed by atoms with Gasteiger partial charge in [-0.05, 0) is 98.3 Å². The van der Waals surface area contributed by atoms with Crippen LogP contribution < -0.4 is 0 Å². The van der Waals surface area contributed by atoms with E-state index in [2.05, 4.69) is 44.4 Å². The van der Waals surface area contributed by atoms with Crippen molar-refractivity contribution in [2.75, 3.05) is 26.2 Å². The van der Waals surface area contributed by atoms with Crippen molar-refractivity contribution in [3.8, 4) is 0 Å². The molecule has 2 aliphatic rings. The first-order chi connectivity index (χ1) is 9.86. The summed E-state index contributed by atoms with van der Waals surface area (Å²) in [5.74, 6) is 2.02. The Kier molecular flexibility index (Phi) is 6.14. The summed E-state index contributed by atoms with van der Waals surface area (Å²) in [5.41, 5.74) is 0.370. The van der Waals surface area contributed by atoms with Crippen LogP contribution in [0.1, 0.15) is 73.1 Å². The van der Waals surface area contributed by atoms with Crippen LogP contribution in [0.4, 0.5) is 0 Å². The molecule has 0 N–H and O–H groups in total. The first-order valence-corrected chi connectivity index (χ1v) is 9.35. The summed E-state index contributed by atoms with van der Waals surface area (Å²) >= 11 is 0. The molecule has 0 aliphatic carbocycles. The molecule has 0 aromatic heterocycles. The van der Waals surface area contributed by atoms with Crippen LogP contribution in [0.3, 0.4) is 0 Å². The minimum Gasteiger partial charge on any atom is -0.301 e. The number of hydrogen-bond donors (Lipinski definition) is 0. The lowest BCUT2D eigenvalue weighted by atomic mass is 9.84. The third kappa shape index (κ3) is 5.25. The van der Waals surface area contributed by atoms with Crippen molar-refractivity contribution in [1.82, 2.24) is 9.80 Å². The van der Waals surface area contributed by atoms with E-state index in [1.807, 2.05) is 0 Å². The molecule has 124 valence electrons. The predicted molar refractivity (Wildman–Crippen MR) is 92.7 cm³/mol. The van der Waals surface area contributed by atoms with Gasteiger partial charge in [0.2, 0.25) is 0 Å². The van der Waals surface area contributed by atoms with Gasteiger partial charge in [0, 0.05) is 11.6 Å². The smallest absolute Gasteiger partial charge is 0.0125 e. The molecular formula is C19H38N2. The van der Waals surface area contributed by atoms with Crippen molar-refractivity contribution in [1.29, 1.82) is 0 Å². The van der Waals surface area contributed by atoms with Crippen LogP contribution in [0.2, 0.25) is 0 Å². The van der Waals surface area contributed by atoms with E-state index >= 15 is 0 Å². The van der Waals surface area contributed by atoms with Crippen molar-refractivity contribution >= 4 is 0 Å². The van der Waals surface area contributed by atoms with Crippen LogP contribution in [-0.2, 0) is 0 Å².